The number of hydrogen-bond acceptors (Lipinski definition) is 2. The molecule has 0 saturated heterocycles. The first kappa shape index (κ1) is 17.2. The van der Waals surface area contributed by atoms with E-state index in [1.807, 2.05) is 19.1 Å². The van der Waals surface area contributed by atoms with Gasteiger partial charge in [-0.1, -0.05) is 23.7 Å². The van der Waals surface area contributed by atoms with E-state index in [-0.39, 0.29) is 12.5 Å². The van der Waals surface area contributed by atoms with Crippen molar-refractivity contribution in [3.8, 4) is 0 Å². The molecule has 0 atom stereocenters. The van der Waals surface area contributed by atoms with Gasteiger partial charge in [-0.05, 0) is 51.0 Å². The highest BCUT2D eigenvalue weighted by atomic mass is 35.5. The number of carboxylic acids is 1. The van der Waals surface area contributed by atoms with Crippen molar-refractivity contribution in [2.24, 2.45) is 0 Å². The average molecular weight is 310 g/mol. The molecule has 0 aliphatic heterocycles. The standard InChI is InChI=1S/C16H20ClNO3/c1-11-5-6-12(9-13(11)17)7-8-14(19)18(10-15(20)21)16(2,3)4/h5-9H,10H2,1-4H3,(H,20,21). The summed E-state index contributed by atoms with van der Waals surface area (Å²) in [6, 6.07) is 5.48. The third-order valence-corrected chi connectivity index (χ3v) is 3.39. The number of carboxylic acid groups (broad SMARTS) is 1. The fourth-order valence-corrected chi connectivity index (χ4v) is 1.94. The SMILES string of the molecule is Cc1ccc(C=CC(=O)N(CC(=O)O)C(C)(C)C)cc1Cl. The molecule has 1 N–H and O–H groups in total. The van der Waals surface area contributed by atoms with Crippen LogP contribution in [0.4, 0.5) is 0 Å². The lowest BCUT2D eigenvalue weighted by Crippen LogP contribution is -2.47. The maximum absolute atomic E-state index is 12.2. The molecule has 0 unspecified atom stereocenters. The zero-order valence-corrected chi connectivity index (χ0v) is 13.4. The Kier molecular flexibility index (Phi) is 5.55. The third kappa shape index (κ3) is 5.23. The Bertz CT molecular complexity index is 573. The fourth-order valence-electron chi connectivity index (χ4n) is 1.75. The molecule has 0 aromatic heterocycles. The van der Waals surface area contributed by atoms with Gasteiger partial charge in [-0.2, -0.15) is 0 Å². The second-order valence-corrected chi connectivity index (χ2v) is 6.24. The van der Waals surface area contributed by atoms with E-state index < -0.39 is 11.5 Å². The molecular formula is C16H20ClNO3. The lowest BCUT2D eigenvalue weighted by atomic mass is 10.1. The van der Waals surface area contributed by atoms with Crippen LogP contribution in [0.5, 0.6) is 0 Å². The summed E-state index contributed by atoms with van der Waals surface area (Å²) >= 11 is 6.03. The molecule has 1 amide bonds. The summed E-state index contributed by atoms with van der Waals surface area (Å²) in [5.41, 5.74) is 1.19. The largest absolute Gasteiger partial charge is 0.480 e. The first-order chi connectivity index (χ1) is 9.61. The van der Waals surface area contributed by atoms with Gasteiger partial charge in [-0.3, -0.25) is 9.59 Å². The van der Waals surface area contributed by atoms with Gasteiger partial charge in [0.2, 0.25) is 5.91 Å². The van der Waals surface area contributed by atoms with E-state index in [4.69, 9.17) is 16.7 Å². The Morgan fingerprint density at radius 2 is 1.95 bits per heavy atom. The molecule has 0 saturated carbocycles. The van der Waals surface area contributed by atoms with Gasteiger partial charge < -0.3 is 10.0 Å². The molecule has 5 heteroatoms. The first-order valence-electron chi connectivity index (χ1n) is 6.59. The molecule has 1 aromatic rings. The van der Waals surface area contributed by atoms with E-state index in [1.54, 1.807) is 32.9 Å². The topological polar surface area (TPSA) is 57.6 Å². The highest BCUT2D eigenvalue weighted by Gasteiger charge is 2.26. The normalized spacial score (nSPS) is 11.7. The minimum Gasteiger partial charge on any atom is -0.480 e. The molecule has 0 fully saturated rings. The van der Waals surface area contributed by atoms with Crippen LogP contribution in [0.15, 0.2) is 24.3 Å². The maximum Gasteiger partial charge on any atom is 0.323 e. The van der Waals surface area contributed by atoms with Crippen LogP contribution < -0.4 is 0 Å². The molecule has 0 aliphatic rings. The minimum atomic E-state index is -1.04. The summed E-state index contributed by atoms with van der Waals surface area (Å²) in [4.78, 5) is 24.4. The molecule has 1 rings (SSSR count). The van der Waals surface area contributed by atoms with Crippen LogP contribution >= 0.6 is 11.6 Å². The van der Waals surface area contributed by atoms with E-state index in [9.17, 15) is 9.59 Å². The summed E-state index contributed by atoms with van der Waals surface area (Å²) in [5, 5.41) is 9.54. The van der Waals surface area contributed by atoms with E-state index in [0.29, 0.717) is 5.02 Å². The molecular weight excluding hydrogens is 290 g/mol. The van der Waals surface area contributed by atoms with Crippen LogP contribution in [0.3, 0.4) is 0 Å². The van der Waals surface area contributed by atoms with Crippen molar-refractivity contribution in [3.63, 3.8) is 0 Å². The zero-order chi connectivity index (χ0) is 16.2. The predicted octanol–water partition coefficient (Wildman–Crippen LogP) is 3.37. The molecule has 21 heavy (non-hydrogen) atoms. The number of carbonyl (C=O) groups is 2. The number of carbonyl (C=O) groups excluding carboxylic acids is 1. The second kappa shape index (κ2) is 6.76. The molecule has 114 valence electrons. The molecule has 0 radical (unpaired) electrons. The predicted molar refractivity (Wildman–Crippen MR) is 84.3 cm³/mol. The lowest BCUT2D eigenvalue weighted by Gasteiger charge is -2.33. The van der Waals surface area contributed by atoms with Gasteiger partial charge in [0.05, 0.1) is 0 Å². The van der Waals surface area contributed by atoms with Gasteiger partial charge in [0.15, 0.2) is 0 Å². The summed E-state index contributed by atoms with van der Waals surface area (Å²) in [6.07, 6.45) is 3.00. The quantitative estimate of drug-likeness (QED) is 0.868. The molecule has 4 nitrogen and oxygen atoms in total. The van der Waals surface area contributed by atoms with Gasteiger partial charge in [0.1, 0.15) is 6.54 Å². The molecule has 0 heterocycles. The molecule has 0 bridgehead atoms. The first-order valence-corrected chi connectivity index (χ1v) is 6.96. The Morgan fingerprint density at radius 3 is 2.43 bits per heavy atom. The summed E-state index contributed by atoms with van der Waals surface area (Å²) in [7, 11) is 0. The van der Waals surface area contributed by atoms with Gasteiger partial charge in [0.25, 0.3) is 0 Å². The van der Waals surface area contributed by atoms with Crippen molar-refractivity contribution in [2.45, 2.75) is 33.2 Å². The number of amides is 1. The summed E-state index contributed by atoms with van der Waals surface area (Å²) in [5.74, 6) is -1.38. The fraction of sp³-hybridized carbons (Fsp3) is 0.375. The van der Waals surface area contributed by atoms with E-state index >= 15 is 0 Å². The average Bonchev–Trinajstić information content (AvgIpc) is 2.35. The van der Waals surface area contributed by atoms with Crippen molar-refractivity contribution >= 4 is 29.6 Å². The van der Waals surface area contributed by atoms with E-state index in [0.717, 1.165) is 11.1 Å². The second-order valence-electron chi connectivity index (χ2n) is 5.83. The van der Waals surface area contributed by atoms with Crippen molar-refractivity contribution in [3.05, 3.63) is 40.4 Å². The Morgan fingerprint density at radius 1 is 1.33 bits per heavy atom. The minimum absolute atomic E-state index is 0.332. The Hall–Kier alpha value is -1.81. The number of hydrogen-bond donors (Lipinski definition) is 1. The van der Waals surface area contributed by atoms with Crippen LogP contribution in [-0.4, -0.2) is 34.0 Å². The lowest BCUT2D eigenvalue weighted by molar-refractivity contribution is -0.145. The Balaban J connectivity index is 2.92. The molecule has 0 aliphatic carbocycles. The number of rotatable bonds is 4. The molecule has 0 spiro atoms. The number of benzene rings is 1. The smallest absolute Gasteiger partial charge is 0.323 e. The van der Waals surface area contributed by atoms with Crippen molar-refractivity contribution in [2.75, 3.05) is 6.54 Å². The highest BCUT2D eigenvalue weighted by molar-refractivity contribution is 6.31. The van der Waals surface area contributed by atoms with Crippen molar-refractivity contribution in [1.29, 1.82) is 0 Å². The number of halogens is 1. The van der Waals surface area contributed by atoms with Gasteiger partial charge in [-0.25, -0.2) is 0 Å². The number of aliphatic carboxylic acids is 1. The Labute approximate surface area is 130 Å². The van der Waals surface area contributed by atoms with Gasteiger partial charge in [-0.15, -0.1) is 0 Å². The van der Waals surface area contributed by atoms with Crippen molar-refractivity contribution in [1.82, 2.24) is 4.90 Å². The number of nitrogens with zero attached hydrogens (tertiary/aromatic N) is 1. The van der Waals surface area contributed by atoms with Crippen LogP contribution in [0.1, 0.15) is 31.9 Å². The summed E-state index contributed by atoms with van der Waals surface area (Å²) in [6.45, 7) is 6.95. The maximum atomic E-state index is 12.2. The van der Waals surface area contributed by atoms with Crippen LogP contribution in [-0.2, 0) is 9.59 Å². The van der Waals surface area contributed by atoms with Crippen LogP contribution in [0, 0.1) is 6.92 Å². The zero-order valence-electron chi connectivity index (χ0n) is 12.7. The monoisotopic (exact) mass is 309 g/mol. The van der Waals surface area contributed by atoms with Crippen molar-refractivity contribution < 1.29 is 14.7 Å². The van der Waals surface area contributed by atoms with Crippen LogP contribution in [0.25, 0.3) is 6.08 Å². The van der Waals surface area contributed by atoms with Gasteiger partial charge in [0, 0.05) is 16.6 Å². The summed E-state index contributed by atoms with van der Waals surface area (Å²) < 4.78 is 0. The van der Waals surface area contributed by atoms with E-state index in [2.05, 4.69) is 0 Å². The third-order valence-electron chi connectivity index (χ3n) is 2.98. The number of aryl methyl sites for hydroxylation is 1. The van der Waals surface area contributed by atoms with Crippen LogP contribution in [0.2, 0.25) is 5.02 Å². The van der Waals surface area contributed by atoms with E-state index in [1.165, 1.54) is 11.0 Å². The highest BCUT2D eigenvalue weighted by Crippen LogP contribution is 2.18. The van der Waals surface area contributed by atoms with Gasteiger partial charge >= 0.3 is 5.97 Å². The molecule has 1 aromatic carbocycles.